The van der Waals surface area contributed by atoms with Gasteiger partial charge in [0.2, 0.25) is 5.91 Å². The van der Waals surface area contributed by atoms with Crippen LogP contribution in [0.1, 0.15) is 0 Å². The number of anilines is 1. The molecule has 1 aromatic carbocycles. The van der Waals surface area contributed by atoms with Crippen LogP contribution in [-0.2, 0) is 9.53 Å². The summed E-state index contributed by atoms with van der Waals surface area (Å²) in [7, 11) is 0. The molecule has 0 atom stereocenters. The first-order valence-electron chi connectivity index (χ1n) is 6.32. The molecule has 6 heteroatoms. The van der Waals surface area contributed by atoms with Crippen LogP contribution in [-0.4, -0.2) is 44.9 Å². The average molecular weight is 264 g/mol. The fourth-order valence-corrected chi connectivity index (χ4v) is 1.92. The Hall–Kier alpha value is -1.79. The molecule has 1 amide bonds. The van der Waals surface area contributed by atoms with E-state index in [1.165, 1.54) is 0 Å². The van der Waals surface area contributed by atoms with Crippen molar-refractivity contribution in [1.82, 2.24) is 5.32 Å². The van der Waals surface area contributed by atoms with Crippen LogP contribution in [0.25, 0.3) is 0 Å². The number of nitrogens with one attached hydrogen (secondary N) is 2. The summed E-state index contributed by atoms with van der Waals surface area (Å²) < 4.78 is 15.9. The Bertz CT molecular complexity index is 474. The second-order valence-corrected chi connectivity index (χ2v) is 4.52. The lowest BCUT2D eigenvalue weighted by molar-refractivity contribution is -0.116. The van der Waals surface area contributed by atoms with E-state index in [2.05, 4.69) is 10.6 Å². The summed E-state index contributed by atoms with van der Waals surface area (Å²) in [5, 5.41) is 5.93. The molecule has 0 bridgehead atoms. The van der Waals surface area contributed by atoms with Crippen LogP contribution in [0.2, 0.25) is 0 Å². The Morgan fingerprint density at radius 3 is 2.74 bits per heavy atom. The van der Waals surface area contributed by atoms with Gasteiger partial charge in [0, 0.05) is 11.8 Å². The number of fused-ring (bicyclic) bond motifs is 1. The molecule has 6 nitrogen and oxygen atoms in total. The van der Waals surface area contributed by atoms with Crippen molar-refractivity contribution in [1.29, 1.82) is 0 Å². The third-order valence-corrected chi connectivity index (χ3v) is 3.02. The van der Waals surface area contributed by atoms with Crippen LogP contribution in [0.3, 0.4) is 0 Å². The Labute approximate surface area is 111 Å². The second kappa shape index (κ2) is 5.46. The molecule has 19 heavy (non-hydrogen) atoms. The van der Waals surface area contributed by atoms with Gasteiger partial charge in [-0.2, -0.15) is 0 Å². The smallest absolute Gasteiger partial charge is 0.238 e. The molecule has 2 N–H and O–H groups in total. The Kier molecular flexibility index (Phi) is 3.52. The minimum absolute atomic E-state index is 0.0800. The summed E-state index contributed by atoms with van der Waals surface area (Å²) in [6.45, 7) is 2.73. The molecule has 102 valence electrons. The van der Waals surface area contributed by atoms with Gasteiger partial charge in [-0.25, -0.2) is 0 Å². The van der Waals surface area contributed by atoms with Gasteiger partial charge in [0.15, 0.2) is 11.5 Å². The van der Waals surface area contributed by atoms with Crippen molar-refractivity contribution in [3.63, 3.8) is 0 Å². The molecule has 2 heterocycles. The van der Waals surface area contributed by atoms with Gasteiger partial charge < -0.3 is 24.8 Å². The van der Waals surface area contributed by atoms with Gasteiger partial charge in [-0.3, -0.25) is 4.79 Å². The lowest BCUT2D eigenvalue weighted by Crippen LogP contribution is -2.48. The van der Waals surface area contributed by atoms with Crippen molar-refractivity contribution in [2.45, 2.75) is 6.04 Å². The molecule has 1 aromatic rings. The fraction of sp³-hybridized carbons (Fsp3) is 0.462. The van der Waals surface area contributed by atoms with Crippen LogP contribution in [0.15, 0.2) is 18.2 Å². The molecule has 2 aliphatic rings. The average Bonchev–Trinajstić information content (AvgIpc) is 2.37. The van der Waals surface area contributed by atoms with E-state index < -0.39 is 0 Å². The number of carbonyl (C=O) groups excluding carboxylic acids is 1. The highest BCUT2D eigenvalue weighted by Gasteiger charge is 2.18. The monoisotopic (exact) mass is 264 g/mol. The summed E-state index contributed by atoms with van der Waals surface area (Å²) in [5.41, 5.74) is 0.709. The number of hydrogen-bond donors (Lipinski definition) is 2. The lowest BCUT2D eigenvalue weighted by Gasteiger charge is -2.26. The Balaban J connectivity index is 1.54. The number of hydrogen-bond acceptors (Lipinski definition) is 5. The van der Waals surface area contributed by atoms with Gasteiger partial charge in [0.1, 0.15) is 13.2 Å². The SMILES string of the molecule is O=C(CNC1COC1)Nc1ccc2c(c1)OCCO2. The third kappa shape index (κ3) is 2.97. The minimum atomic E-state index is -0.0800. The molecule has 2 aliphatic heterocycles. The van der Waals surface area contributed by atoms with Crippen molar-refractivity contribution in [3.8, 4) is 11.5 Å². The Morgan fingerprint density at radius 2 is 2.00 bits per heavy atom. The molecule has 0 spiro atoms. The van der Waals surface area contributed by atoms with Gasteiger partial charge in [0.25, 0.3) is 0 Å². The number of ether oxygens (including phenoxy) is 3. The molecule has 0 unspecified atom stereocenters. The van der Waals surface area contributed by atoms with Crippen LogP contribution < -0.4 is 20.1 Å². The van der Waals surface area contributed by atoms with Crippen LogP contribution in [0, 0.1) is 0 Å². The van der Waals surface area contributed by atoms with Crippen molar-refractivity contribution in [3.05, 3.63) is 18.2 Å². The van der Waals surface area contributed by atoms with Crippen molar-refractivity contribution in [2.24, 2.45) is 0 Å². The Morgan fingerprint density at radius 1 is 1.21 bits per heavy atom. The van der Waals surface area contributed by atoms with E-state index in [0.29, 0.717) is 49.7 Å². The molecular weight excluding hydrogens is 248 g/mol. The molecule has 1 saturated heterocycles. The van der Waals surface area contributed by atoms with Crippen molar-refractivity contribution in [2.75, 3.05) is 38.3 Å². The van der Waals surface area contributed by atoms with E-state index in [1.54, 1.807) is 18.2 Å². The number of benzene rings is 1. The zero-order valence-corrected chi connectivity index (χ0v) is 10.5. The number of carbonyl (C=O) groups is 1. The van der Waals surface area contributed by atoms with Gasteiger partial charge in [-0.05, 0) is 12.1 Å². The zero-order chi connectivity index (χ0) is 13.1. The molecule has 0 aromatic heterocycles. The highest BCUT2D eigenvalue weighted by Crippen LogP contribution is 2.32. The zero-order valence-electron chi connectivity index (χ0n) is 10.5. The number of rotatable bonds is 4. The van der Waals surface area contributed by atoms with Crippen molar-refractivity contribution < 1.29 is 19.0 Å². The highest BCUT2D eigenvalue weighted by molar-refractivity contribution is 5.92. The van der Waals surface area contributed by atoms with E-state index in [9.17, 15) is 4.79 Å². The summed E-state index contributed by atoms with van der Waals surface area (Å²) in [6.07, 6.45) is 0. The van der Waals surface area contributed by atoms with Crippen molar-refractivity contribution >= 4 is 11.6 Å². The molecular formula is C13H16N2O4. The molecule has 1 fully saturated rings. The maximum atomic E-state index is 11.7. The van der Waals surface area contributed by atoms with E-state index >= 15 is 0 Å². The van der Waals surface area contributed by atoms with E-state index in [-0.39, 0.29) is 12.5 Å². The van der Waals surface area contributed by atoms with Crippen LogP contribution in [0.4, 0.5) is 5.69 Å². The minimum Gasteiger partial charge on any atom is -0.486 e. The predicted octanol–water partition coefficient (Wildman–Crippen LogP) is 0.385. The van der Waals surface area contributed by atoms with Gasteiger partial charge in [0.05, 0.1) is 25.8 Å². The molecule has 3 rings (SSSR count). The quantitative estimate of drug-likeness (QED) is 0.823. The van der Waals surface area contributed by atoms with Gasteiger partial charge in [-0.15, -0.1) is 0 Å². The van der Waals surface area contributed by atoms with Gasteiger partial charge in [-0.1, -0.05) is 0 Å². The fourth-order valence-electron chi connectivity index (χ4n) is 1.92. The van der Waals surface area contributed by atoms with E-state index in [4.69, 9.17) is 14.2 Å². The first-order valence-corrected chi connectivity index (χ1v) is 6.32. The maximum Gasteiger partial charge on any atom is 0.238 e. The van der Waals surface area contributed by atoms with Gasteiger partial charge >= 0.3 is 0 Å². The van der Waals surface area contributed by atoms with Crippen LogP contribution >= 0.6 is 0 Å². The topological polar surface area (TPSA) is 68.8 Å². The summed E-state index contributed by atoms with van der Waals surface area (Å²) in [4.78, 5) is 11.7. The normalized spacial score (nSPS) is 17.7. The largest absolute Gasteiger partial charge is 0.486 e. The standard InChI is InChI=1S/C13H16N2O4/c16-13(6-14-10-7-17-8-10)15-9-1-2-11-12(5-9)19-4-3-18-11/h1-2,5,10,14H,3-4,6-8H2,(H,15,16). The summed E-state index contributed by atoms with van der Waals surface area (Å²) in [5.74, 6) is 1.31. The first-order chi connectivity index (χ1) is 9.31. The number of amides is 1. The molecule has 0 aliphatic carbocycles. The first kappa shape index (κ1) is 12.3. The van der Waals surface area contributed by atoms with E-state index in [0.717, 1.165) is 0 Å². The second-order valence-electron chi connectivity index (χ2n) is 4.52. The maximum absolute atomic E-state index is 11.7. The third-order valence-electron chi connectivity index (χ3n) is 3.02. The highest BCUT2D eigenvalue weighted by atomic mass is 16.6. The van der Waals surface area contributed by atoms with Crippen LogP contribution in [0.5, 0.6) is 11.5 Å². The molecule has 0 saturated carbocycles. The predicted molar refractivity (Wildman–Crippen MR) is 68.7 cm³/mol. The summed E-state index contributed by atoms with van der Waals surface area (Å²) in [6, 6.07) is 5.68. The lowest BCUT2D eigenvalue weighted by atomic mass is 10.2. The van der Waals surface area contributed by atoms with E-state index in [1.807, 2.05) is 0 Å². The molecule has 0 radical (unpaired) electrons. The summed E-state index contributed by atoms with van der Waals surface area (Å²) >= 11 is 0.